The van der Waals surface area contributed by atoms with E-state index in [9.17, 15) is 9.18 Å². The highest BCUT2D eigenvalue weighted by atomic mass is 19.1. The molecule has 3 nitrogen and oxygen atoms in total. The number of rotatable bonds is 5. The maximum atomic E-state index is 13.6. The Morgan fingerprint density at radius 3 is 2.89 bits per heavy atom. The van der Waals surface area contributed by atoms with Crippen LogP contribution in [0.15, 0.2) is 18.2 Å². The zero-order valence-corrected chi connectivity index (χ0v) is 10.3. The van der Waals surface area contributed by atoms with Crippen LogP contribution in [0.1, 0.15) is 24.0 Å². The van der Waals surface area contributed by atoms with E-state index >= 15 is 0 Å². The molecule has 0 radical (unpaired) electrons. The van der Waals surface area contributed by atoms with E-state index in [0.29, 0.717) is 17.5 Å². The van der Waals surface area contributed by atoms with E-state index in [1.165, 1.54) is 6.07 Å². The molecule has 18 heavy (non-hydrogen) atoms. The summed E-state index contributed by atoms with van der Waals surface area (Å²) < 4.78 is 13.6. The molecule has 0 amide bonds. The van der Waals surface area contributed by atoms with Gasteiger partial charge in [-0.05, 0) is 31.2 Å². The molecule has 96 valence electrons. The maximum Gasteiger partial charge on any atom is 0.303 e. The lowest BCUT2D eigenvalue weighted by atomic mass is 10.1. The molecule has 0 aliphatic carbocycles. The standard InChI is InChI=1S/C14H16FNO2/c1-16-9-3-2-4-11-5-6-12(13(15)10-11)7-8-14(17)18/h5-6,10,16H,3,7-9H2,1H3,(H,17,18). The van der Waals surface area contributed by atoms with E-state index in [-0.39, 0.29) is 12.8 Å². The van der Waals surface area contributed by atoms with Crippen molar-refractivity contribution in [2.75, 3.05) is 13.6 Å². The van der Waals surface area contributed by atoms with Gasteiger partial charge >= 0.3 is 5.97 Å². The first-order chi connectivity index (χ1) is 8.63. The number of carboxylic acid groups (broad SMARTS) is 1. The molecule has 0 heterocycles. The predicted octanol–water partition coefficient (Wildman–Crippen LogP) is 1.80. The van der Waals surface area contributed by atoms with Crippen molar-refractivity contribution in [2.24, 2.45) is 0 Å². The molecule has 0 unspecified atom stereocenters. The van der Waals surface area contributed by atoms with Gasteiger partial charge in [0.15, 0.2) is 0 Å². The summed E-state index contributed by atoms with van der Waals surface area (Å²) >= 11 is 0. The third-order valence-corrected chi connectivity index (χ3v) is 2.39. The number of benzene rings is 1. The summed E-state index contributed by atoms with van der Waals surface area (Å²) in [5.74, 6) is 4.47. The summed E-state index contributed by atoms with van der Waals surface area (Å²) in [6.07, 6.45) is 0.845. The van der Waals surface area contributed by atoms with E-state index in [1.807, 2.05) is 7.05 Å². The highest BCUT2D eigenvalue weighted by Crippen LogP contribution is 2.12. The van der Waals surface area contributed by atoms with E-state index in [0.717, 1.165) is 6.54 Å². The van der Waals surface area contributed by atoms with E-state index in [1.54, 1.807) is 12.1 Å². The minimum absolute atomic E-state index is 0.0654. The topological polar surface area (TPSA) is 49.3 Å². The maximum absolute atomic E-state index is 13.6. The van der Waals surface area contributed by atoms with Crippen LogP contribution in [0.3, 0.4) is 0 Å². The van der Waals surface area contributed by atoms with Gasteiger partial charge in [-0.1, -0.05) is 17.9 Å². The quantitative estimate of drug-likeness (QED) is 0.618. The molecule has 0 atom stereocenters. The number of hydrogen-bond acceptors (Lipinski definition) is 2. The number of carboxylic acids is 1. The zero-order valence-electron chi connectivity index (χ0n) is 10.3. The molecule has 0 fully saturated rings. The SMILES string of the molecule is CNCCC#Cc1ccc(CCC(=O)O)c(F)c1. The first kappa shape index (κ1) is 14.2. The van der Waals surface area contributed by atoms with Gasteiger partial charge in [-0.15, -0.1) is 0 Å². The number of carbonyl (C=O) groups is 1. The first-order valence-corrected chi connectivity index (χ1v) is 5.77. The number of aryl methyl sites for hydroxylation is 1. The number of aliphatic carboxylic acids is 1. The highest BCUT2D eigenvalue weighted by molar-refractivity contribution is 5.67. The summed E-state index contributed by atoms with van der Waals surface area (Å²) in [7, 11) is 1.85. The van der Waals surface area contributed by atoms with Crippen molar-refractivity contribution in [1.82, 2.24) is 5.32 Å². The highest BCUT2D eigenvalue weighted by Gasteiger charge is 2.05. The van der Waals surface area contributed by atoms with Gasteiger partial charge in [0.2, 0.25) is 0 Å². The lowest BCUT2D eigenvalue weighted by Gasteiger charge is -2.01. The van der Waals surface area contributed by atoms with Crippen molar-refractivity contribution in [3.63, 3.8) is 0 Å². The molecule has 4 heteroatoms. The molecule has 1 aromatic carbocycles. The molecule has 0 bridgehead atoms. The minimum Gasteiger partial charge on any atom is -0.481 e. The van der Waals surface area contributed by atoms with Gasteiger partial charge in [0.1, 0.15) is 5.82 Å². The average molecular weight is 249 g/mol. The molecule has 1 aromatic rings. The third kappa shape index (κ3) is 4.98. The van der Waals surface area contributed by atoms with Crippen LogP contribution in [-0.4, -0.2) is 24.7 Å². The number of halogens is 1. The second-order valence-corrected chi connectivity index (χ2v) is 3.86. The van der Waals surface area contributed by atoms with Crippen molar-refractivity contribution in [2.45, 2.75) is 19.3 Å². The molecule has 2 N–H and O–H groups in total. The Morgan fingerprint density at radius 1 is 1.50 bits per heavy atom. The average Bonchev–Trinajstić information content (AvgIpc) is 2.33. The fraction of sp³-hybridized carbons (Fsp3) is 0.357. The van der Waals surface area contributed by atoms with Gasteiger partial charge in [-0.2, -0.15) is 0 Å². The van der Waals surface area contributed by atoms with E-state index < -0.39 is 11.8 Å². The van der Waals surface area contributed by atoms with Crippen molar-refractivity contribution < 1.29 is 14.3 Å². The molecule has 0 aliphatic heterocycles. The van der Waals surface area contributed by atoms with Crippen LogP contribution in [0.5, 0.6) is 0 Å². The summed E-state index contributed by atoms with van der Waals surface area (Å²) in [5.41, 5.74) is 1.03. The summed E-state index contributed by atoms with van der Waals surface area (Å²) in [4.78, 5) is 10.4. The Balaban J connectivity index is 2.66. The molecule has 0 aliphatic rings. The van der Waals surface area contributed by atoms with Gasteiger partial charge in [0.05, 0.1) is 0 Å². The predicted molar refractivity (Wildman–Crippen MR) is 67.8 cm³/mol. The monoisotopic (exact) mass is 249 g/mol. The third-order valence-electron chi connectivity index (χ3n) is 2.39. The van der Waals surface area contributed by atoms with E-state index in [2.05, 4.69) is 17.2 Å². The van der Waals surface area contributed by atoms with Crippen molar-refractivity contribution in [3.8, 4) is 11.8 Å². The van der Waals surface area contributed by atoms with Crippen molar-refractivity contribution >= 4 is 5.97 Å². The van der Waals surface area contributed by atoms with Crippen LogP contribution >= 0.6 is 0 Å². The summed E-state index contributed by atoms with van der Waals surface area (Å²) in [6.45, 7) is 0.798. The second-order valence-electron chi connectivity index (χ2n) is 3.86. The van der Waals surface area contributed by atoms with Gasteiger partial charge in [0.25, 0.3) is 0 Å². The van der Waals surface area contributed by atoms with Gasteiger partial charge in [-0.25, -0.2) is 4.39 Å². The summed E-state index contributed by atoms with van der Waals surface area (Å²) in [5, 5.41) is 11.5. The van der Waals surface area contributed by atoms with Crippen LogP contribution in [-0.2, 0) is 11.2 Å². The number of hydrogen-bond donors (Lipinski definition) is 2. The zero-order chi connectivity index (χ0) is 13.4. The molecule has 1 rings (SSSR count). The smallest absolute Gasteiger partial charge is 0.303 e. The Hall–Kier alpha value is -1.86. The van der Waals surface area contributed by atoms with E-state index in [4.69, 9.17) is 5.11 Å². The normalized spacial score (nSPS) is 9.67. The van der Waals surface area contributed by atoms with Gasteiger partial charge < -0.3 is 10.4 Å². The largest absolute Gasteiger partial charge is 0.481 e. The van der Waals surface area contributed by atoms with Crippen LogP contribution < -0.4 is 5.32 Å². The molecule has 0 saturated carbocycles. The second kappa shape index (κ2) is 7.46. The Morgan fingerprint density at radius 2 is 2.28 bits per heavy atom. The molecule has 0 aromatic heterocycles. The Kier molecular flexibility index (Phi) is 5.89. The van der Waals surface area contributed by atoms with Crippen molar-refractivity contribution in [3.05, 3.63) is 35.1 Å². The fourth-order valence-corrected chi connectivity index (χ4v) is 1.42. The molecular weight excluding hydrogens is 233 g/mol. The van der Waals surface area contributed by atoms with Gasteiger partial charge in [-0.3, -0.25) is 4.79 Å². The fourth-order valence-electron chi connectivity index (χ4n) is 1.42. The molecule has 0 saturated heterocycles. The van der Waals surface area contributed by atoms with Crippen LogP contribution in [0.2, 0.25) is 0 Å². The van der Waals surface area contributed by atoms with Gasteiger partial charge in [0, 0.05) is 24.9 Å². The first-order valence-electron chi connectivity index (χ1n) is 5.77. The van der Waals surface area contributed by atoms with Crippen LogP contribution in [0, 0.1) is 17.7 Å². The van der Waals surface area contributed by atoms with Crippen molar-refractivity contribution in [1.29, 1.82) is 0 Å². The minimum atomic E-state index is -0.926. The Labute approximate surface area is 106 Å². The number of nitrogens with one attached hydrogen (secondary N) is 1. The molecular formula is C14H16FNO2. The lowest BCUT2D eigenvalue weighted by Crippen LogP contribution is -2.05. The lowest BCUT2D eigenvalue weighted by molar-refractivity contribution is -0.136. The molecule has 0 spiro atoms. The summed E-state index contributed by atoms with van der Waals surface area (Å²) in [6, 6.07) is 4.66. The van der Waals surface area contributed by atoms with Crippen LogP contribution in [0.25, 0.3) is 0 Å². The van der Waals surface area contributed by atoms with Crippen LogP contribution in [0.4, 0.5) is 4.39 Å². The Bertz CT molecular complexity index is 474.